The maximum absolute atomic E-state index is 10.2. The average Bonchev–Trinajstić information content (AvgIpc) is 2.97. The zero-order valence-corrected chi connectivity index (χ0v) is 14.2. The van der Waals surface area contributed by atoms with Crippen molar-refractivity contribution in [2.24, 2.45) is 0 Å². The van der Waals surface area contributed by atoms with Gasteiger partial charge in [0.1, 0.15) is 18.5 Å². The van der Waals surface area contributed by atoms with Gasteiger partial charge >= 0.3 is 0 Å². The highest BCUT2D eigenvalue weighted by Crippen LogP contribution is 2.16. The molecule has 3 aromatic rings. The van der Waals surface area contributed by atoms with Crippen LogP contribution in [0.25, 0.3) is 5.52 Å². The summed E-state index contributed by atoms with van der Waals surface area (Å²) in [5, 5.41) is 15.2. The van der Waals surface area contributed by atoms with Gasteiger partial charge in [0.2, 0.25) is 0 Å². The van der Waals surface area contributed by atoms with E-state index in [0.717, 1.165) is 11.1 Å². The standard InChI is InChI=1S/C18H20ClN3O2/c1-21(11-14-10-20-22-9-3-2-4-18(14)22)12-16(23)13-24-17-7-5-15(19)6-8-17/h2-10,16,23H,11-13H2,1H3/t16-/m1/s1. The van der Waals surface area contributed by atoms with Gasteiger partial charge in [0.15, 0.2) is 0 Å². The van der Waals surface area contributed by atoms with Crippen LogP contribution in [0.15, 0.2) is 54.9 Å². The molecular weight excluding hydrogens is 326 g/mol. The molecule has 1 aromatic carbocycles. The van der Waals surface area contributed by atoms with Crippen LogP contribution < -0.4 is 4.74 Å². The van der Waals surface area contributed by atoms with Crippen LogP contribution in [0.5, 0.6) is 5.75 Å². The minimum Gasteiger partial charge on any atom is -0.491 e. The highest BCUT2D eigenvalue weighted by atomic mass is 35.5. The normalized spacial score (nSPS) is 12.7. The lowest BCUT2D eigenvalue weighted by Crippen LogP contribution is -2.32. The van der Waals surface area contributed by atoms with E-state index in [0.29, 0.717) is 23.9 Å². The summed E-state index contributed by atoms with van der Waals surface area (Å²) in [7, 11) is 1.97. The van der Waals surface area contributed by atoms with Crippen LogP contribution in [0.4, 0.5) is 0 Å². The molecule has 0 radical (unpaired) electrons. The number of aliphatic hydroxyl groups excluding tert-OH is 1. The molecule has 0 aliphatic rings. The van der Waals surface area contributed by atoms with Crippen molar-refractivity contribution in [2.75, 3.05) is 20.2 Å². The average molecular weight is 346 g/mol. The zero-order valence-electron chi connectivity index (χ0n) is 13.5. The van der Waals surface area contributed by atoms with Crippen molar-refractivity contribution in [3.05, 3.63) is 65.4 Å². The summed E-state index contributed by atoms with van der Waals surface area (Å²) >= 11 is 5.83. The number of hydrogen-bond acceptors (Lipinski definition) is 4. The number of aliphatic hydroxyl groups is 1. The molecule has 0 saturated carbocycles. The van der Waals surface area contributed by atoms with E-state index < -0.39 is 6.10 Å². The van der Waals surface area contributed by atoms with Gasteiger partial charge in [-0.1, -0.05) is 17.7 Å². The topological polar surface area (TPSA) is 50.0 Å². The summed E-state index contributed by atoms with van der Waals surface area (Å²) in [6.07, 6.45) is 3.21. The van der Waals surface area contributed by atoms with Crippen LogP contribution >= 0.6 is 11.6 Å². The number of fused-ring (bicyclic) bond motifs is 1. The first-order valence-electron chi connectivity index (χ1n) is 7.78. The van der Waals surface area contributed by atoms with E-state index in [1.165, 1.54) is 0 Å². The SMILES string of the molecule is CN(Cc1cnn2ccccc12)C[C@@H](O)COc1ccc(Cl)cc1. The summed E-state index contributed by atoms with van der Waals surface area (Å²) in [5.74, 6) is 0.698. The molecule has 5 nitrogen and oxygen atoms in total. The van der Waals surface area contributed by atoms with Gasteiger partial charge in [-0.3, -0.25) is 4.90 Å². The Morgan fingerprint density at radius 1 is 1.25 bits per heavy atom. The number of aromatic nitrogens is 2. The Balaban J connectivity index is 1.50. The number of benzene rings is 1. The number of hydrogen-bond donors (Lipinski definition) is 1. The van der Waals surface area contributed by atoms with Crippen molar-refractivity contribution < 1.29 is 9.84 Å². The van der Waals surface area contributed by atoms with Crippen LogP contribution in [0.2, 0.25) is 5.02 Å². The molecule has 0 fully saturated rings. The quantitative estimate of drug-likeness (QED) is 0.715. The summed E-state index contributed by atoms with van der Waals surface area (Å²) in [6, 6.07) is 13.1. The minimum absolute atomic E-state index is 0.237. The van der Waals surface area contributed by atoms with Gasteiger partial charge in [0.25, 0.3) is 0 Å². The molecule has 0 unspecified atom stereocenters. The zero-order chi connectivity index (χ0) is 16.9. The van der Waals surface area contributed by atoms with Gasteiger partial charge in [-0.2, -0.15) is 5.10 Å². The molecule has 0 saturated heterocycles. The second kappa shape index (κ2) is 7.66. The van der Waals surface area contributed by atoms with Gasteiger partial charge < -0.3 is 9.84 Å². The molecule has 0 bridgehead atoms. The fourth-order valence-electron chi connectivity index (χ4n) is 2.60. The number of halogens is 1. The van der Waals surface area contributed by atoms with Crippen LogP contribution in [0, 0.1) is 0 Å². The van der Waals surface area contributed by atoms with Crippen molar-refractivity contribution in [3.8, 4) is 5.75 Å². The Morgan fingerprint density at radius 3 is 2.83 bits per heavy atom. The van der Waals surface area contributed by atoms with Crippen LogP contribution in [-0.2, 0) is 6.54 Å². The Labute approximate surface area is 146 Å². The van der Waals surface area contributed by atoms with Crippen molar-refractivity contribution in [1.82, 2.24) is 14.5 Å². The molecule has 3 rings (SSSR count). The number of rotatable bonds is 7. The van der Waals surface area contributed by atoms with E-state index in [9.17, 15) is 5.11 Å². The first-order chi connectivity index (χ1) is 11.6. The van der Waals surface area contributed by atoms with E-state index in [2.05, 4.69) is 10.00 Å². The molecule has 126 valence electrons. The molecule has 1 atom stereocenters. The second-order valence-corrected chi connectivity index (χ2v) is 6.25. The van der Waals surface area contributed by atoms with Gasteiger partial charge in [-0.15, -0.1) is 0 Å². The van der Waals surface area contributed by atoms with Crippen molar-refractivity contribution in [2.45, 2.75) is 12.6 Å². The minimum atomic E-state index is -0.576. The van der Waals surface area contributed by atoms with Gasteiger partial charge in [0.05, 0.1) is 11.7 Å². The van der Waals surface area contributed by atoms with E-state index in [-0.39, 0.29) is 6.61 Å². The largest absolute Gasteiger partial charge is 0.491 e. The maximum Gasteiger partial charge on any atom is 0.119 e. The van der Waals surface area contributed by atoms with E-state index in [4.69, 9.17) is 16.3 Å². The number of nitrogens with zero attached hydrogens (tertiary/aromatic N) is 3. The van der Waals surface area contributed by atoms with Gasteiger partial charge in [-0.05, 0) is 43.4 Å². The fourth-order valence-corrected chi connectivity index (χ4v) is 2.73. The first kappa shape index (κ1) is 16.8. The van der Waals surface area contributed by atoms with E-state index in [1.807, 2.05) is 42.2 Å². The summed E-state index contributed by atoms with van der Waals surface area (Å²) in [6.45, 7) is 1.46. The monoisotopic (exact) mass is 345 g/mol. The molecule has 1 N–H and O–H groups in total. The lowest BCUT2D eigenvalue weighted by molar-refractivity contribution is 0.0745. The Morgan fingerprint density at radius 2 is 2.04 bits per heavy atom. The Bertz CT molecular complexity index is 788. The molecule has 0 aliphatic carbocycles. The van der Waals surface area contributed by atoms with Crippen molar-refractivity contribution in [1.29, 1.82) is 0 Å². The number of likely N-dealkylation sites (N-methyl/N-ethyl adjacent to an activating group) is 1. The molecule has 2 heterocycles. The highest BCUT2D eigenvalue weighted by Gasteiger charge is 2.12. The first-order valence-corrected chi connectivity index (χ1v) is 8.16. The lowest BCUT2D eigenvalue weighted by Gasteiger charge is -2.20. The molecule has 6 heteroatoms. The van der Waals surface area contributed by atoms with E-state index in [1.54, 1.807) is 24.3 Å². The summed E-state index contributed by atoms with van der Waals surface area (Å²) < 4.78 is 7.43. The third-order valence-electron chi connectivity index (χ3n) is 3.72. The lowest BCUT2D eigenvalue weighted by atomic mass is 10.2. The molecule has 0 aliphatic heterocycles. The van der Waals surface area contributed by atoms with Gasteiger partial charge in [0, 0.05) is 29.9 Å². The van der Waals surface area contributed by atoms with Crippen LogP contribution in [0.1, 0.15) is 5.56 Å². The van der Waals surface area contributed by atoms with Crippen LogP contribution in [0.3, 0.4) is 0 Å². The number of pyridine rings is 1. The molecule has 24 heavy (non-hydrogen) atoms. The highest BCUT2D eigenvalue weighted by molar-refractivity contribution is 6.30. The summed E-state index contributed by atoms with van der Waals surface area (Å²) in [5.41, 5.74) is 2.21. The maximum atomic E-state index is 10.2. The molecule has 2 aromatic heterocycles. The molecule has 0 spiro atoms. The Hall–Kier alpha value is -2.08. The fraction of sp³-hybridized carbons (Fsp3) is 0.278. The van der Waals surface area contributed by atoms with Crippen LogP contribution in [-0.4, -0.2) is 45.9 Å². The predicted molar refractivity (Wildman–Crippen MR) is 94.5 cm³/mol. The smallest absolute Gasteiger partial charge is 0.119 e. The predicted octanol–water partition coefficient (Wildman–Crippen LogP) is 2.86. The van der Waals surface area contributed by atoms with Gasteiger partial charge in [-0.25, -0.2) is 4.52 Å². The van der Waals surface area contributed by atoms with Crippen molar-refractivity contribution in [3.63, 3.8) is 0 Å². The Kier molecular flexibility index (Phi) is 5.35. The van der Waals surface area contributed by atoms with E-state index >= 15 is 0 Å². The third-order valence-corrected chi connectivity index (χ3v) is 3.98. The van der Waals surface area contributed by atoms with Crippen molar-refractivity contribution >= 4 is 17.1 Å². The summed E-state index contributed by atoms with van der Waals surface area (Å²) in [4.78, 5) is 2.06. The number of ether oxygens (including phenoxy) is 1. The second-order valence-electron chi connectivity index (χ2n) is 5.82. The molecular formula is C18H20ClN3O2. The third kappa shape index (κ3) is 4.26. The molecule has 0 amide bonds.